The van der Waals surface area contributed by atoms with E-state index in [0.717, 1.165) is 58.2 Å². The molecule has 2 aliphatic heterocycles. The van der Waals surface area contributed by atoms with Gasteiger partial charge in [-0.3, -0.25) is 14.7 Å². The largest absolute Gasteiger partial charge is 0.381 e. The van der Waals surface area contributed by atoms with Crippen LogP contribution in [0.5, 0.6) is 0 Å². The van der Waals surface area contributed by atoms with Crippen LogP contribution in [0.4, 0.5) is 4.39 Å². The van der Waals surface area contributed by atoms with Crippen LogP contribution < -0.4 is 5.32 Å². The van der Waals surface area contributed by atoms with E-state index in [1.54, 1.807) is 12.3 Å². The molecule has 0 atom stereocenters. The van der Waals surface area contributed by atoms with Crippen molar-refractivity contribution in [1.29, 1.82) is 0 Å². The Morgan fingerprint density at radius 2 is 2.00 bits per heavy atom. The number of hydrogen-bond donors (Lipinski definition) is 1. The second-order valence-electron chi connectivity index (χ2n) is 9.06. The molecule has 0 saturated carbocycles. The molecule has 2 fully saturated rings. The summed E-state index contributed by atoms with van der Waals surface area (Å²) < 4.78 is 19.4. The predicted molar refractivity (Wildman–Crippen MR) is 116 cm³/mol. The van der Waals surface area contributed by atoms with Crippen LogP contribution in [-0.4, -0.2) is 78.7 Å². The monoisotopic (exact) mass is 420 g/mol. The lowest BCUT2D eigenvalue weighted by Gasteiger charge is -2.49. The number of halogens is 1. The van der Waals surface area contributed by atoms with Crippen molar-refractivity contribution in [3.8, 4) is 0 Å². The Morgan fingerprint density at radius 3 is 2.67 bits per heavy atom. The van der Waals surface area contributed by atoms with Crippen molar-refractivity contribution in [2.45, 2.75) is 51.5 Å². The highest BCUT2D eigenvalue weighted by molar-refractivity contribution is 5.76. The molecule has 6 nitrogen and oxygen atoms in total. The molecule has 2 aliphatic rings. The quantitative estimate of drug-likeness (QED) is 0.665. The topological polar surface area (TPSA) is 57.7 Å². The zero-order valence-electron chi connectivity index (χ0n) is 18.5. The number of amides is 1. The second-order valence-corrected chi connectivity index (χ2v) is 9.06. The lowest BCUT2D eigenvalue weighted by molar-refractivity contribution is -0.122. The van der Waals surface area contributed by atoms with E-state index < -0.39 is 0 Å². The van der Waals surface area contributed by atoms with Crippen molar-refractivity contribution in [3.05, 3.63) is 29.8 Å². The molecule has 0 radical (unpaired) electrons. The lowest BCUT2D eigenvalue weighted by Crippen LogP contribution is -2.63. The zero-order valence-corrected chi connectivity index (χ0v) is 18.5. The molecule has 0 spiro atoms. The lowest BCUT2D eigenvalue weighted by atomic mass is 9.87. The molecule has 1 amide bonds. The standard InChI is InChI=1S/C23H37FN4O2/c1-19(2)7-11-27-12-14-28(15-13-27)23(8-16-30-17-9-23)18-26-22(29)6-5-21-20(24)4-3-10-25-21/h3-4,10,19H,5-9,11-18H2,1-2H3,(H,26,29). The average Bonchev–Trinajstić information content (AvgIpc) is 2.77. The van der Waals surface area contributed by atoms with Gasteiger partial charge in [-0.15, -0.1) is 0 Å². The van der Waals surface area contributed by atoms with Gasteiger partial charge in [0.15, 0.2) is 0 Å². The van der Waals surface area contributed by atoms with E-state index in [4.69, 9.17) is 4.74 Å². The van der Waals surface area contributed by atoms with E-state index in [1.807, 2.05) is 0 Å². The van der Waals surface area contributed by atoms with Crippen molar-refractivity contribution >= 4 is 5.91 Å². The van der Waals surface area contributed by atoms with Crippen molar-refractivity contribution in [2.24, 2.45) is 5.92 Å². The van der Waals surface area contributed by atoms with Gasteiger partial charge in [0.05, 0.1) is 5.69 Å². The zero-order chi connectivity index (χ0) is 21.4. The Bertz CT molecular complexity index is 671. The highest BCUT2D eigenvalue weighted by atomic mass is 19.1. The van der Waals surface area contributed by atoms with E-state index in [-0.39, 0.29) is 23.7 Å². The minimum absolute atomic E-state index is 0.0334. The number of aryl methyl sites for hydroxylation is 1. The number of nitrogens with one attached hydrogen (secondary N) is 1. The molecule has 0 bridgehead atoms. The third-order valence-corrected chi connectivity index (χ3v) is 6.53. The number of carbonyl (C=O) groups excluding carboxylic acids is 1. The minimum Gasteiger partial charge on any atom is -0.381 e. The van der Waals surface area contributed by atoms with Crippen LogP contribution in [0.25, 0.3) is 0 Å². The summed E-state index contributed by atoms with van der Waals surface area (Å²) in [5.74, 6) is 0.350. The van der Waals surface area contributed by atoms with Crippen molar-refractivity contribution in [3.63, 3.8) is 0 Å². The Kier molecular flexibility index (Phi) is 8.60. The molecule has 1 aromatic heterocycles. The molecule has 0 aromatic carbocycles. The van der Waals surface area contributed by atoms with Crippen LogP contribution in [-0.2, 0) is 16.0 Å². The summed E-state index contributed by atoms with van der Waals surface area (Å²) in [6.45, 7) is 12.1. The van der Waals surface area contributed by atoms with Gasteiger partial charge in [-0.1, -0.05) is 13.8 Å². The van der Waals surface area contributed by atoms with Gasteiger partial charge >= 0.3 is 0 Å². The van der Waals surface area contributed by atoms with Gasteiger partial charge < -0.3 is 15.0 Å². The molecular formula is C23H37FN4O2. The minimum atomic E-state index is -0.346. The van der Waals surface area contributed by atoms with E-state index in [0.29, 0.717) is 18.7 Å². The number of rotatable bonds is 9. The molecule has 168 valence electrons. The first-order valence-corrected chi connectivity index (χ1v) is 11.4. The molecule has 3 heterocycles. The molecule has 1 N–H and O–H groups in total. The fourth-order valence-corrected chi connectivity index (χ4v) is 4.43. The number of carbonyl (C=O) groups is 1. The van der Waals surface area contributed by atoms with Crippen molar-refractivity contribution < 1.29 is 13.9 Å². The highest BCUT2D eigenvalue weighted by Gasteiger charge is 2.40. The molecule has 0 unspecified atom stereocenters. The molecule has 7 heteroatoms. The van der Waals surface area contributed by atoms with Crippen LogP contribution in [0.2, 0.25) is 0 Å². The van der Waals surface area contributed by atoms with Crippen LogP contribution in [0.3, 0.4) is 0 Å². The van der Waals surface area contributed by atoms with E-state index in [9.17, 15) is 9.18 Å². The maximum atomic E-state index is 13.7. The first-order valence-electron chi connectivity index (χ1n) is 11.4. The smallest absolute Gasteiger partial charge is 0.220 e. The fraction of sp³-hybridized carbons (Fsp3) is 0.739. The predicted octanol–water partition coefficient (Wildman–Crippen LogP) is 2.48. The summed E-state index contributed by atoms with van der Waals surface area (Å²) in [7, 11) is 0. The van der Waals surface area contributed by atoms with Gasteiger partial charge in [0.2, 0.25) is 5.91 Å². The third kappa shape index (κ3) is 6.46. The van der Waals surface area contributed by atoms with Gasteiger partial charge in [0, 0.05) is 70.5 Å². The molecule has 30 heavy (non-hydrogen) atoms. The van der Waals surface area contributed by atoms with Gasteiger partial charge in [-0.25, -0.2) is 4.39 Å². The normalized spacial score (nSPS) is 20.4. The number of pyridine rings is 1. The van der Waals surface area contributed by atoms with Gasteiger partial charge in [0.25, 0.3) is 0 Å². The van der Waals surface area contributed by atoms with Crippen LogP contribution in [0, 0.1) is 11.7 Å². The van der Waals surface area contributed by atoms with E-state index in [1.165, 1.54) is 19.0 Å². The summed E-state index contributed by atoms with van der Waals surface area (Å²) in [5.41, 5.74) is 0.319. The Balaban J connectivity index is 1.50. The SMILES string of the molecule is CC(C)CCN1CCN(C2(CNC(=O)CCc3ncccc3F)CCOCC2)CC1. The van der Waals surface area contributed by atoms with Crippen molar-refractivity contribution in [1.82, 2.24) is 20.1 Å². The summed E-state index contributed by atoms with van der Waals surface area (Å²) in [6.07, 6.45) is 5.26. The molecule has 1 aromatic rings. The van der Waals surface area contributed by atoms with E-state index in [2.05, 4.69) is 33.9 Å². The maximum Gasteiger partial charge on any atom is 0.220 e. The fourth-order valence-electron chi connectivity index (χ4n) is 4.43. The highest BCUT2D eigenvalue weighted by Crippen LogP contribution is 2.29. The Labute approximate surface area is 180 Å². The first kappa shape index (κ1) is 23.1. The Hall–Kier alpha value is -1.57. The molecule has 3 rings (SSSR count). The second kappa shape index (κ2) is 11.2. The number of ether oxygens (including phenoxy) is 1. The third-order valence-electron chi connectivity index (χ3n) is 6.53. The van der Waals surface area contributed by atoms with Crippen LogP contribution in [0.15, 0.2) is 18.3 Å². The summed E-state index contributed by atoms with van der Waals surface area (Å²) >= 11 is 0. The molecule has 2 saturated heterocycles. The Morgan fingerprint density at radius 1 is 1.27 bits per heavy atom. The van der Waals surface area contributed by atoms with Gasteiger partial charge in [-0.2, -0.15) is 0 Å². The summed E-state index contributed by atoms with van der Waals surface area (Å²) in [6, 6.07) is 2.95. The number of hydrogen-bond acceptors (Lipinski definition) is 5. The first-order chi connectivity index (χ1) is 14.5. The number of aromatic nitrogens is 1. The molecular weight excluding hydrogens is 383 g/mol. The summed E-state index contributed by atoms with van der Waals surface area (Å²) in [4.78, 5) is 21.6. The number of piperazine rings is 1. The average molecular weight is 421 g/mol. The molecule has 0 aliphatic carbocycles. The summed E-state index contributed by atoms with van der Waals surface area (Å²) in [5, 5.41) is 3.13. The van der Waals surface area contributed by atoms with E-state index >= 15 is 0 Å². The van der Waals surface area contributed by atoms with Gasteiger partial charge in [0.1, 0.15) is 5.82 Å². The number of nitrogens with zero attached hydrogens (tertiary/aromatic N) is 3. The van der Waals surface area contributed by atoms with Crippen LogP contribution in [0.1, 0.15) is 45.2 Å². The van der Waals surface area contributed by atoms with Gasteiger partial charge in [-0.05, 0) is 43.9 Å². The van der Waals surface area contributed by atoms with Crippen LogP contribution >= 0.6 is 0 Å². The van der Waals surface area contributed by atoms with Crippen molar-refractivity contribution in [2.75, 3.05) is 52.5 Å². The maximum absolute atomic E-state index is 13.7.